The van der Waals surface area contributed by atoms with Gasteiger partial charge in [-0.3, -0.25) is 0 Å². The first-order chi connectivity index (χ1) is 26.7. The quantitative estimate of drug-likeness (QED) is 0.172. The van der Waals surface area contributed by atoms with Crippen molar-refractivity contribution in [1.82, 2.24) is 0 Å². The maximum Gasteiger partial charge on any atom is 0.0540 e. The van der Waals surface area contributed by atoms with Crippen LogP contribution in [0.5, 0.6) is 0 Å². The fraction of sp³-hybridized carbons (Fsp3) is 0.333. The van der Waals surface area contributed by atoms with Gasteiger partial charge < -0.3 is 4.90 Å². The highest BCUT2D eigenvalue weighted by atomic mass is 15.1. The molecule has 274 valence electrons. The van der Waals surface area contributed by atoms with E-state index in [9.17, 15) is 0 Å². The predicted molar refractivity (Wildman–Crippen MR) is 231 cm³/mol. The summed E-state index contributed by atoms with van der Waals surface area (Å²) in [5.41, 5.74) is 18.5. The maximum absolute atomic E-state index is 2.64. The van der Waals surface area contributed by atoms with Crippen molar-refractivity contribution in [2.75, 3.05) is 4.90 Å². The van der Waals surface area contributed by atoms with Crippen LogP contribution in [0.2, 0.25) is 0 Å². The highest BCUT2D eigenvalue weighted by Gasteiger charge is 2.61. The van der Waals surface area contributed by atoms with E-state index >= 15 is 0 Å². The van der Waals surface area contributed by atoms with Crippen molar-refractivity contribution < 1.29 is 0 Å². The lowest BCUT2D eigenvalue weighted by atomic mass is 9.43. The second-order valence-corrected chi connectivity index (χ2v) is 19.2. The molecule has 4 fully saturated rings. The Morgan fingerprint density at radius 3 is 1.73 bits per heavy atom. The minimum atomic E-state index is 0.124. The van der Waals surface area contributed by atoms with Crippen LogP contribution in [0.4, 0.5) is 17.1 Å². The summed E-state index contributed by atoms with van der Waals surface area (Å²) in [6.07, 6.45) is 9.50. The third-order valence-electron chi connectivity index (χ3n) is 15.3. The molecule has 0 saturated heterocycles. The normalized spacial score (nSPS) is 26.0. The van der Waals surface area contributed by atoms with Gasteiger partial charge >= 0.3 is 0 Å². The number of rotatable bonds is 5. The molecular formula is C54H53N. The van der Waals surface area contributed by atoms with Crippen LogP contribution < -0.4 is 4.90 Å². The number of hydrogen-bond donors (Lipinski definition) is 0. The molecule has 0 aromatic heterocycles. The summed E-state index contributed by atoms with van der Waals surface area (Å²) in [5.74, 6) is 3.32. The van der Waals surface area contributed by atoms with Crippen LogP contribution in [0.3, 0.4) is 0 Å². The van der Waals surface area contributed by atoms with Gasteiger partial charge in [-0.2, -0.15) is 0 Å². The van der Waals surface area contributed by atoms with Crippen LogP contribution >= 0.6 is 0 Å². The van der Waals surface area contributed by atoms with Gasteiger partial charge in [-0.05, 0) is 160 Å². The van der Waals surface area contributed by atoms with Gasteiger partial charge in [0, 0.05) is 22.4 Å². The molecule has 0 radical (unpaired) electrons. The van der Waals surface area contributed by atoms with Crippen molar-refractivity contribution >= 4 is 17.1 Å². The van der Waals surface area contributed by atoms with E-state index < -0.39 is 0 Å². The Morgan fingerprint density at radius 2 is 1.00 bits per heavy atom. The number of nitrogens with zero attached hydrogens (tertiary/aromatic N) is 1. The molecule has 0 heterocycles. The third-order valence-corrected chi connectivity index (χ3v) is 15.3. The molecule has 0 amide bonds. The van der Waals surface area contributed by atoms with Gasteiger partial charge in [0.1, 0.15) is 0 Å². The van der Waals surface area contributed by atoms with Crippen molar-refractivity contribution in [2.24, 2.45) is 23.7 Å². The largest absolute Gasteiger partial charge is 0.310 e. The van der Waals surface area contributed by atoms with Crippen LogP contribution in [0, 0.1) is 23.7 Å². The minimum Gasteiger partial charge on any atom is -0.310 e. The Bertz CT molecular complexity index is 2420. The first-order valence-corrected chi connectivity index (χ1v) is 21.2. The summed E-state index contributed by atoms with van der Waals surface area (Å²) in [6.45, 7) is 9.69. The zero-order valence-electron chi connectivity index (χ0n) is 33.0. The van der Waals surface area contributed by atoms with Crippen LogP contribution in [-0.2, 0) is 16.2 Å². The Labute approximate surface area is 328 Å². The summed E-state index contributed by atoms with van der Waals surface area (Å²) in [5, 5.41) is 0. The van der Waals surface area contributed by atoms with Crippen molar-refractivity contribution in [3.05, 3.63) is 162 Å². The molecule has 6 aromatic carbocycles. The monoisotopic (exact) mass is 715 g/mol. The molecule has 55 heavy (non-hydrogen) atoms. The Balaban J connectivity index is 1.07. The van der Waals surface area contributed by atoms with Gasteiger partial charge in [-0.15, -0.1) is 0 Å². The fourth-order valence-corrected chi connectivity index (χ4v) is 12.8. The summed E-state index contributed by atoms with van der Waals surface area (Å²) < 4.78 is 0. The summed E-state index contributed by atoms with van der Waals surface area (Å²) in [6, 6.07) is 53.7. The molecule has 4 saturated carbocycles. The van der Waals surface area contributed by atoms with E-state index in [1.807, 2.05) is 0 Å². The van der Waals surface area contributed by atoms with Gasteiger partial charge in [-0.25, -0.2) is 0 Å². The SMILES string of the molecule is CC1(C)CCC(C)(C)c2cc(-c3ccc(N(c4ccc5c(c4)C4(c6ccccc6-5)C5CC6CC(C5)CC4C6)c4ccccc4-c4ccccc4)cc3)ccc21. The van der Waals surface area contributed by atoms with Crippen molar-refractivity contribution in [3.8, 4) is 33.4 Å². The average Bonchev–Trinajstić information content (AvgIpc) is 3.49. The van der Waals surface area contributed by atoms with E-state index in [1.54, 1.807) is 11.1 Å². The van der Waals surface area contributed by atoms with Crippen LogP contribution in [-0.4, -0.2) is 0 Å². The van der Waals surface area contributed by atoms with Crippen LogP contribution in [0.15, 0.2) is 140 Å². The van der Waals surface area contributed by atoms with Gasteiger partial charge in [0.15, 0.2) is 0 Å². The molecule has 0 unspecified atom stereocenters. The van der Waals surface area contributed by atoms with E-state index in [4.69, 9.17) is 0 Å². The van der Waals surface area contributed by atoms with E-state index in [1.165, 1.54) is 107 Å². The van der Waals surface area contributed by atoms with E-state index in [2.05, 4.69) is 172 Å². The molecule has 0 N–H and O–H groups in total. The van der Waals surface area contributed by atoms with Crippen molar-refractivity contribution in [1.29, 1.82) is 0 Å². The molecule has 4 bridgehead atoms. The van der Waals surface area contributed by atoms with E-state index in [-0.39, 0.29) is 16.2 Å². The molecule has 12 rings (SSSR count). The predicted octanol–water partition coefficient (Wildman–Crippen LogP) is 14.6. The highest BCUT2D eigenvalue weighted by Crippen LogP contribution is 2.69. The summed E-state index contributed by atoms with van der Waals surface area (Å²) in [4.78, 5) is 2.55. The first-order valence-electron chi connectivity index (χ1n) is 21.2. The van der Waals surface area contributed by atoms with E-state index in [0.717, 1.165) is 23.7 Å². The lowest BCUT2D eigenvalue weighted by Gasteiger charge is -2.61. The lowest BCUT2D eigenvalue weighted by molar-refractivity contribution is -0.0399. The summed E-state index contributed by atoms with van der Waals surface area (Å²) in [7, 11) is 0. The van der Waals surface area contributed by atoms with Crippen LogP contribution in [0.25, 0.3) is 33.4 Å². The third kappa shape index (κ3) is 4.97. The van der Waals surface area contributed by atoms with Crippen molar-refractivity contribution in [3.63, 3.8) is 0 Å². The fourth-order valence-electron chi connectivity index (χ4n) is 12.8. The number of para-hydroxylation sites is 1. The zero-order valence-corrected chi connectivity index (χ0v) is 33.0. The molecule has 1 heteroatoms. The number of fused-ring (bicyclic) bond motifs is 4. The van der Waals surface area contributed by atoms with Gasteiger partial charge in [0.2, 0.25) is 0 Å². The minimum absolute atomic E-state index is 0.124. The summed E-state index contributed by atoms with van der Waals surface area (Å²) >= 11 is 0. The second kappa shape index (κ2) is 12.1. The molecule has 1 nitrogen and oxygen atoms in total. The Kier molecular flexibility index (Phi) is 7.34. The molecule has 0 aliphatic heterocycles. The average molecular weight is 716 g/mol. The topological polar surface area (TPSA) is 3.24 Å². The molecular weight excluding hydrogens is 663 g/mol. The number of benzene rings is 6. The molecule has 6 aliphatic carbocycles. The molecule has 0 atom stereocenters. The zero-order chi connectivity index (χ0) is 37.1. The smallest absolute Gasteiger partial charge is 0.0540 e. The molecule has 1 spiro atoms. The molecule has 6 aliphatic rings. The highest BCUT2D eigenvalue weighted by molar-refractivity contribution is 5.91. The number of hydrogen-bond acceptors (Lipinski definition) is 1. The van der Waals surface area contributed by atoms with Gasteiger partial charge in [0.25, 0.3) is 0 Å². The molecule has 6 aromatic rings. The Morgan fingerprint density at radius 1 is 0.418 bits per heavy atom. The standard InChI is InChI=1S/C54H53N/c1-52(2)26-27-53(3,4)50-33-39(20-25-48(50)52)37-18-21-42(22-19-37)55(51-17-11-9-14-44(51)38-12-6-5-7-13-38)43-23-24-46-45-15-8-10-16-47(45)54(49(46)34-43)40-29-35-28-36(31-40)32-41(54)30-35/h5-25,33-36,40-41H,26-32H2,1-4H3. The van der Waals surface area contributed by atoms with E-state index in [0.29, 0.717) is 0 Å². The maximum atomic E-state index is 2.64. The van der Waals surface area contributed by atoms with Crippen molar-refractivity contribution in [2.45, 2.75) is 88.9 Å². The first kappa shape index (κ1) is 33.5. The number of anilines is 3. The second-order valence-electron chi connectivity index (χ2n) is 19.2. The van der Waals surface area contributed by atoms with Gasteiger partial charge in [0.05, 0.1) is 5.69 Å². The lowest BCUT2D eigenvalue weighted by Crippen LogP contribution is -2.55. The Hall–Kier alpha value is -4.88. The van der Waals surface area contributed by atoms with Gasteiger partial charge in [-0.1, -0.05) is 137 Å². The van der Waals surface area contributed by atoms with Crippen LogP contribution in [0.1, 0.15) is 94.9 Å².